The van der Waals surface area contributed by atoms with Gasteiger partial charge in [-0.15, -0.1) is 0 Å². The zero-order chi connectivity index (χ0) is 11.1. The molecule has 0 radical (unpaired) electrons. The number of aliphatic hydroxyl groups excluding tert-OH is 1. The van der Waals surface area contributed by atoms with E-state index >= 15 is 0 Å². The Kier molecular flexibility index (Phi) is 6.22. The molecule has 3 nitrogen and oxygen atoms in total. The van der Waals surface area contributed by atoms with E-state index in [9.17, 15) is 5.11 Å². The Hall–Kier alpha value is -0.120. The van der Waals surface area contributed by atoms with Crippen molar-refractivity contribution in [3.63, 3.8) is 0 Å². The molecule has 0 aromatic heterocycles. The monoisotopic (exact) mass is 215 g/mol. The topological polar surface area (TPSA) is 32.7 Å². The predicted molar refractivity (Wildman–Crippen MR) is 62.0 cm³/mol. The lowest BCUT2D eigenvalue weighted by Gasteiger charge is -2.32. The molecule has 1 fully saturated rings. The minimum Gasteiger partial charge on any atom is -0.393 e. The average Bonchev–Trinajstić information content (AvgIpc) is 2.24. The molecule has 0 aromatic carbocycles. The van der Waals surface area contributed by atoms with Gasteiger partial charge in [-0.2, -0.15) is 0 Å². The van der Waals surface area contributed by atoms with Crippen molar-refractivity contribution < 1.29 is 9.84 Å². The van der Waals surface area contributed by atoms with Crippen molar-refractivity contribution >= 4 is 0 Å². The summed E-state index contributed by atoms with van der Waals surface area (Å²) < 4.78 is 5.76. The Balaban J connectivity index is 2.17. The third-order valence-corrected chi connectivity index (χ3v) is 2.88. The number of ether oxygens (including phenoxy) is 1. The molecular weight excluding hydrogens is 190 g/mol. The van der Waals surface area contributed by atoms with E-state index in [1.54, 1.807) is 0 Å². The summed E-state index contributed by atoms with van der Waals surface area (Å²) in [6.45, 7) is 8.10. The van der Waals surface area contributed by atoms with E-state index in [-0.39, 0.29) is 6.10 Å². The number of hydrogen-bond acceptors (Lipinski definition) is 3. The fourth-order valence-corrected chi connectivity index (χ4v) is 2.01. The van der Waals surface area contributed by atoms with E-state index in [4.69, 9.17) is 4.74 Å². The highest BCUT2D eigenvalue weighted by Gasteiger charge is 2.19. The zero-order valence-electron chi connectivity index (χ0n) is 10.1. The van der Waals surface area contributed by atoms with Crippen LogP contribution in [0.15, 0.2) is 0 Å². The van der Waals surface area contributed by atoms with Crippen LogP contribution in [-0.2, 0) is 4.74 Å². The average molecular weight is 215 g/mol. The van der Waals surface area contributed by atoms with Crippen molar-refractivity contribution in [1.82, 2.24) is 4.90 Å². The molecule has 0 aromatic rings. The Morgan fingerprint density at radius 1 is 1.53 bits per heavy atom. The van der Waals surface area contributed by atoms with Crippen LogP contribution >= 0.6 is 0 Å². The van der Waals surface area contributed by atoms with Crippen LogP contribution in [0.25, 0.3) is 0 Å². The van der Waals surface area contributed by atoms with Crippen LogP contribution < -0.4 is 0 Å². The first-order valence-electron chi connectivity index (χ1n) is 6.24. The molecule has 0 spiro atoms. The van der Waals surface area contributed by atoms with E-state index in [0.717, 1.165) is 32.5 Å². The van der Waals surface area contributed by atoms with Gasteiger partial charge in [-0.3, -0.25) is 0 Å². The second-order valence-electron chi connectivity index (χ2n) is 4.57. The first kappa shape index (κ1) is 12.9. The molecular formula is C12H25NO2. The number of hydrogen-bond donors (Lipinski definition) is 1. The van der Waals surface area contributed by atoms with Gasteiger partial charge < -0.3 is 14.7 Å². The molecule has 0 aliphatic carbocycles. The maximum absolute atomic E-state index is 9.23. The Morgan fingerprint density at radius 2 is 2.33 bits per heavy atom. The van der Waals surface area contributed by atoms with Gasteiger partial charge >= 0.3 is 0 Å². The molecule has 1 heterocycles. The van der Waals surface area contributed by atoms with Gasteiger partial charge in [0.05, 0.1) is 12.2 Å². The van der Waals surface area contributed by atoms with Crippen LogP contribution in [-0.4, -0.2) is 48.5 Å². The molecule has 2 atom stereocenters. The van der Waals surface area contributed by atoms with Crippen molar-refractivity contribution in [3.05, 3.63) is 0 Å². The van der Waals surface area contributed by atoms with Crippen molar-refractivity contribution in [3.8, 4) is 0 Å². The highest BCUT2D eigenvalue weighted by Crippen LogP contribution is 2.14. The predicted octanol–water partition coefficient (Wildman–Crippen LogP) is 1.65. The quantitative estimate of drug-likeness (QED) is 0.731. The van der Waals surface area contributed by atoms with Crippen molar-refractivity contribution in [2.24, 2.45) is 0 Å². The smallest absolute Gasteiger partial charge is 0.0702 e. The third kappa shape index (κ3) is 5.50. The van der Waals surface area contributed by atoms with Crippen LogP contribution in [0, 0.1) is 0 Å². The SMILES string of the molecule is CCCOC1CCCN(CCC(C)O)C1. The maximum Gasteiger partial charge on any atom is 0.0702 e. The van der Waals surface area contributed by atoms with Gasteiger partial charge in [0.15, 0.2) is 0 Å². The van der Waals surface area contributed by atoms with E-state index in [2.05, 4.69) is 11.8 Å². The highest BCUT2D eigenvalue weighted by atomic mass is 16.5. The van der Waals surface area contributed by atoms with Crippen LogP contribution in [0.5, 0.6) is 0 Å². The number of likely N-dealkylation sites (tertiary alicyclic amines) is 1. The molecule has 90 valence electrons. The van der Waals surface area contributed by atoms with Crippen molar-refractivity contribution in [1.29, 1.82) is 0 Å². The van der Waals surface area contributed by atoms with E-state index in [1.165, 1.54) is 19.4 Å². The molecule has 0 amide bonds. The normalized spacial score (nSPS) is 25.4. The second-order valence-corrected chi connectivity index (χ2v) is 4.57. The van der Waals surface area contributed by atoms with E-state index in [1.807, 2.05) is 6.92 Å². The summed E-state index contributed by atoms with van der Waals surface area (Å²) in [7, 11) is 0. The lowest BCUT2D eigenvalue weighted by atomic mass is 10.1. The Morgan fingerprint density at radius 3 is 3.00 bits per heavy atom. The van der Waals surface area contributed by atoms with E-state index < -0.39 is 0 Å². The van der Waals surface area contributed by atoms with Gasteiger partial charge in [-0.05, 0) is 39.2 Å². The summed E-state index contributed by atoms with van der Waals surface area (Å²) in [4.78, 5) is 2.41. The molecule has 1 saturated heterocycles. The largest absolute Gasteiger partial charge is 0.393 e. The summed E-state index contributed by atoms with van der Waals surface area (Å²) in [5.41, 5.74) is 0. The summed E-state index contributed by atoms with van der Waals surface area (Å²) in [6.07, 6.45) is 4.65. The minimum absolute atomic E-state index is 0.179. The lowest BCUT2D eigenvalue weighted by Crippen LogP contribution is -2.40. The van der Waals surface area contributed by atoms with Gasteiger partial charge in [0, 0.05) is 19.7 Å². The highest BCUT2D eigenvalue weighted by molar-refractivity contribution is 4.73. The number of rotatable bonds is 6. The first-order chi connectivity index (χ1) is 7.22. The van der Waals surface area contributed by atoms with Crippen LogP contribution in [0.2, 0.25) is 0 Å². The summed E-state index contributed by atoms with van der Waals surface area (Å²) in [5, 5.41) is 9.23. The number of piperidine rings is 1. The lowest BCUT2D eigenvalue weighted by molar-refractivity contribution is -0.00292. The molecule has 1 rings (SSSR count). The minimum atomic E-state index is -0.179. The Labute approximate surface area is 93.4 Å². The molecule has 1 aliphatic heterocycles. The van der Waals surface area contributed by atoms with E-state index in [0.29, 0.717) is 6.10 Å². The molecule has 0 bridgehead atoms. The standard InChI is InChI=1S/C12H25NO2/c1-3-9-15-12-5-4-7-13(10-12)8-6-11(2)14/h11-12,14H,3-10H2,1-2H3. The summed E-state index contributed by atoms with van der Waals surface area (Å²) >= 11 is 0. The van der Waals surface area contributed by atoms with Crippen LogP contribution in [0.3, 0.4) is 0 Å². The first-order valence-corrected chi connectivity index (χ1v) is 6.24. The van der Waals surface area contributed by atoms with Crippen molar-refractivity contribution in [2.75, 3.05) is 26.2 Å². The van der Waals surface area contributed by atoms with Gasteiger partial charge in [-0.1, -0.05) is 6.92 Å². The molecule has 3 heteroatoms. The fraction of sp³-hybridized carbons (Fsp3) is 1.00. The summed E-state index contributed by atoms with van der Waals surface area (Å²) in [5.74, 6) is 0. The number of aliphatic hydroxyl groups is 1. The number of nitrogens with zero attached hydrogens (tertiary/aromatic N) is 1. The van der Waals surface area contributed by atoms with Crippen LogP contribution in [0.4, 0.5) is 0 Å². The molecule has 0 saturated carbocycles. The van der Waals surface area contributed by atoms with Gasteiger partial charge in [-0.25, -0.2) is 0 Å². The maximum atomic E-state index is 9.23. The fourth-order valence-electron chi connectivity index (χ4n) is 2.01. The zero-order valence-corrected chi connectivity index (χ0v) is 10.1. The molecule has 15 heavy (non-hydrogen) atoms. The summed E-state index contributed by atoms with van der Waals surface area (Å²) in [6, 6.07) is 0. The van der Waals surface area contributed by atoms with Gasteiger partial charge in [0.25, 0.3) is 0 Å². The third-order valence-electron chi connectivity index (χ3n) is 2.88. The molecule has 1 aliphatic rings. The molecule has 1 N–H and O–H groups in total. The second kappa shape index (κ2) is 7.20. The molecule has 2 unspecified atom stereocenters. The van der Waals surface area contributed by atoms with Crippen LogP contribution in [0.1, 0.15) is 39.5 Å². The Bertz CT molecular complexity index is 162. The van der Waals surface area contributed by atoms with Gasteiger partial charge in [0.1, 0.15) is 0 Å². The van der Waals surface area contributed by atoms with Gasteiger partial charge in [0.2, 0.25) is 0 Å². The van der Waals surface area contributed by atoms with Crippen molar-refractivity contribution in [2.45, 2.75) is 51.7 Å².